The van der Waals surface area contributed by atoms with Crippen LogP contribution in [0.3, 0.4) is 0 Å². The molecule has 0 saturated heterocycles. The van der Waals surface area contributed by atoms with Gasteiger partial charge in [-0.3, -0.25) is 0 Å². The minimum atomic E-state index is 0.875. The van der Waals surface area contributed by atoms with E-state index in [2.05, 4.69) is 49.4 Å². The molecule has 0 bridgehead atoms. The zero-order valence-corrected chi connectivity index (χ0v) is 13.7. The Kier molecular flexibility index (Phi) is 3.57. The van der Waals surface area contributed by atoms with E-state index < -0.39 is 0 Å². The van der Waals surface area contributed by atoms with Crippen molar-refractivity contribution < 1.29 is 0 Å². The highest BCUT2D eigenvalue weighted by Crippen LogP contribution is 2.38. The van der Waals surface area contributed by atoms with Crippen LogP contribution < -0.4 is 5.73 Å². The molecule has 0 aromatic heterocycles. The molecule has 116 valence electrons. The average molecular weight is 301 g/mol. The van der Waals surface area contributed by atoms with Crippen LogP contribution in [0, 0.1) is 0 Å². The fourth-order valence-electron chi connectivity index (χ4n) is 3.84. The van der Waals surface area contributed by atoms with Gasteiger partial charge in [0.25, 0.3) is 0 Å². The zero-order chi connectivity index (χ0) is 15.8. The molecule has 0 heterocycles. The maximum atomic E-state index is 6.22. The summed E-state index contributed by atoms with van der Waals surface area (Å²) in [5, 5.41) is 7.92. The number of benzene rings is 4. The molecule has 0 amide bonds. The third kappa shape index (κ3) is 2.31. The van der Waals surface area contributed by atoms with Gasteiger partial charge in [-0.2, -0.15) is 0 Å². The van der Waals surface area contributed by atoms with Crippen LogP contribution in [0.2, 0.25) is 0 Å². The number of aryl methyl sites for hydroxylation is 1. The Morgan fingerprint density at radius 2 is 1.35 bits per heavy atom. The van der Waals surface area contributed by atoms with Gasteiger partial charge in [-0.15, -0.1) is 0 Å². The van der Waals surface area contributed by atoms with E-state index in [4.69, 9.17) is 5.73 Å². The first kappa shape index (κ1) is 14.3. The maximum absolute atomic E-state index is 6.22. The molecule has 2 N–H and O–H groups in total. The summed E-state index contributed by atoms with van der Waals surface area (Å²) in [4.78, 5) is 0. The summed E-state index contributed by atoms with van der Waals surface area (Å²) < 4.78 is 0. The van der Waals surface area contributed by atoms with Crippen LogP contribution in [0.5, 0.6) is 0 Å². The number of rotatable bonds is 5. The molecule has 0 aliphatic heterocycles. The van der Waals surface area contributed by atoms with Gasteiger partial charge in [0.1, 0.15) is 0 Å². The minimum Gasteiger partial charge on any atom is -0.398 e. The fourth-order valence-corrected chi connectivity index (χ4v) is 3.84. The first-order valence-corrected chi connectivity index (χ1v) is 8.74. The molecule has 4 aromatic rings. The fraction of sp³-hybridized carbons (Fsp3) is 0.273. The summed E-state index contributed by atoms with van der Waals surface area (Å²) in [5.41, 5.74) is 8.57. The van der Waals surface area contributed by atoms with Crippen LogP contribution >= 0.6 is 0 Å². The third-order valence-electron chi connectivity index (χ3n) is 5.09. The number of unbranched alkanes of at least 4 members (excludes halogenated alkanes) is 3. The van der Waals surface area contributed by atoms with Crippen molar-refractivity contribution >= 4 is 38.0 Å². The Morgan fingerprint density at radius 1 is 0.696 bits per heavy atom. The van der Waals surface area contributed by atoms with Gasteiger partial charge < -0.3 is 5.73 Å². The van der Waals surface area contributed by atoms with Gasteiger partial charge in [0.2, 0.25) is 0 Å². The maximum Gasteiger partial charge on any atom is 0.0394 e. The predicted octanol–water partition coefficient (Wildman–Crippen LogP) is 6.29. The van der Waals surface area contributed by atoms with Crippen molar-refractivity contribution in [3.63, 3.8) is 0 Å². The number of anilines is 1. The Bertz CT molecular complexity index is 968. The molecule has 4 rings (SSSR count). The zero-order valence-electron chi connectivity index (χ0n) is 13.7. The molecule has 4 aromatic carbocycles. The number of hydrogen-bond acceptors (Lipinski definition) is 1. The Morgan fingerprint density at radius 3 is 2.13 bits per heavy atom. The van der Waals surface area contributed by atoms with Crippen LogP contribution in [0.15, 0.2) is 48.5 Å². The van der Waals surface area contributed by atoms with E-state index in [0.29, 0.717) is 0 Å². The van der Waals surface area contributed by atoms with E-state index in [9.17, 15) is 0 Å². The molecule has 0 unspecified atom stereocenters. The summed E-state index contributed by atoms with van der Waals surface area (Å²) in [6, 6.07) is 17.7. The largest absolute Gasteiger partial charge is 0.398 e. The molecule has 1 heteroatoms. The molecule has 0 aliphatic rings. The summed E-state index contributed by atoms with van der Waals surface area (Å²) in [5.74, 6) is 0. The van der Waals surface area contributed by atoms with Gasteiger partial charge in [0, 0.05) is 11.1 Å². The van der Waals surface area contributed by atoms with Crippen LogP contribution in [0.1, 0.15) is 38.2 Å². The van der Waals surface area contributed by atoms with E-state index in [0.717, 1.165) is 5.69 Å². The predicted molar refractivity (Wildman–Crippen MR) is 102 cm³/mol. The van der Waals surface area contributed by atoms with Gasteiger partial charge in [-0.1, -0.05) is 68.7 Å². The summed E-state index contributed by atoms with van der Waals surface area (Å²) in [7, 11) is 0. The molecule has 1 nitrogen and oxygen atoms in total. The van der Waals surface area contributed by atoms with Crippen molar-refractivity contribution in [2.45, 2.75) is 39.0 Å². The first-order chi connectivity index (χ1) is 11.3. The lowest BCUT2D eigenvalue weighted by Gasteiger charge is -2.15. The van der Waals surface area contributed by atoms with E-state index in [1.54, 1.807) is 0 Å². The molecule has 0 saturated carbocycles. The van der Waals surface area contributed by atoms with Crippen LogP contribution in [-0.4, -0.2) is 0 Å². The second kappa shape index (κ2) is 5.73. The van der Waals surface area contributed by atoms with Crippen LogP contribution in [0.25, 0.3) is 32.3 Å². The second-order valence-corrected chi connectivity index (χ2v) is 6.61. The van der Waals surface area contributed by atoms with Gasteiger partial charge >= 0.3 is 0 Å². The van der Waals surface area contributed by atoms with Crippen molar-refractivity contribution in [3.05, 3.63) is 54.1 Å². The Hall–Kier alpha value is -2.28. The molecular formula is C22H23N. The Labute approximate surface area is 137 Å². The van der Waals surface area contributed by atoms with Gasteiger partial charge in [0.05, 0.1) is 0 Å². The number of nitrogens with two attached hydrogens (primary N) is 1. The summed E-state index contributed by atoms with van der Waals surface area (Å²) in [6.45, 7) is 2.26. The molecule has 0 aliphatic carbocycles. The number of nitrogen functional groups attached to an aromatic ring is 1. The van der Waals surface area contributed by atoms with E-state index in [1.165, 1.54) is 70.0 Å². The normalized spacial score (nSPS) is 11.9. The molecule has 23 heavy (non-hydrogen) atoms. The van der Waals surface area contributed by atoms with Crippen molar-refractivity contribution in [2.24, 2.45) is 0 Å². The highest BCUT2D eigenvalue weighted by atomic mass is 14.5. The monoisotopic (exact) mass is 301 g/mol. The minimum absolute atomic E-state index is 0.875. The molecular weight excluding hydrogens is 278 g/mol. The van der Waals surface area contributed by atoms with E-state index in [1.807, 2.05) is 6.07 Å². The lowest BCUT2D eigenvalue weighted by Crippen LogP contribution is -1.93. The van der Waals surface area contributed by atoms with Crippen molar-refractivity contribution in [3.8, 4) is 0 Å². The standard InChI is InChI=1S/C22H23N/c1-2-3-4-5-6-15-7-8-16-10-13-19-20(23)14-11-17-9-12-18(15)21(16)22(17)19/h7-14H,2-6,23H2,1H3. The second-order valence-electron chi connectivity index (χ2n) is 6.61. The lowest BCUT2D eigenvalue weighted by atomic mass is 9.90. The topological polar surface area (TPSA) is 26.0 Å². The van der Waals surface area contributed by atoms with Crippen molar-refractivity contribution in [1.82, 2.24) is 0 Å². The number of hydrogen-bond donors (Lipinski definition) is 1. The molecule has 0 atom stereocenters. The average Bonchev–Trinajstić information content (AvgIpc) is 2.59. The highest BCUT2D eigenvalue weighted by molar-refractivity contribution is 6.25. The van der Waals surface area contributed by atoms with Crippen molar-refractivity contribution in [2.75, 3.05) is 5.73 Å². The lowest BCUT2D eigenvalue weighted by molar-refractivity contribution is 0.668. The van der Waals surface area contributed by atoms with Crippen LogP contribution in [0.4, 0.5) is 5.69 Å². The quantitative estimate of drug-likeness (QED) is 0.262. The molecule has 0 spiro atoms. The SMILES string of the molecule is CCCCCCc1ccc2ccc3c(N)ccc4ccc1c2c43. The third-order valence-corrected chi connectivity index (χ3v) is 5.09. The Balaban J connectivity index is 1.92. The van der Waals surface area contributed by atoms with Crippen LogP contribution in [-0.2, 0) is 6.42 Å². The van der Waals surface area contributed by atoms with Gasteiger partial charge in [-0.05, 0) is 51.4 Å². The molecule has 0 radical (unpaired) electrons. The molecule has 0 fully saturated rings. The first-order valence-electron chi connectivity index (χ1n) is 8.74. The van der Waals surface area contributed by atoms with Gasteiger partial charge in [-0.25, -0.2) is 0 Å². The van der Waals surface area contributed by atoms with Crippen molar-refractivity contribution in [1.29, 1.82) is 0 Å². The van der Waals surface area contributed by atoms with E-state index in [-0.39, 0.29) is 0 Å². The van der Waals surface area contributed by atoms with E-state index >= 15 is 0 Å². The summed E-state index contributed by atoms with van der Waals surface area (Å²) >= 11 is 0. The highest BCUT2D eigenvalue weighted by Gasteiger charge is 2.11. The van der Waals surface area contributed by atoms with Gasteiger partial charge in [0.15, 0.2) is 0 Å². The summed E-state index contributed by atoms with van der Waals surface area (Å²) in [6.07, 6.45) is 6.40. The smallest absolute Gasteiger partial charge is 0.0394 e.